The molecule has 0 bridgehead atoms. The van der Waals surface area contributed by atoms with Gasteiger partial charge in [0.25, 0.3) is 0 Å². The number of rotatable bonds is 17. The first-order chi connectivity index (χ1) is 52.5. The second-order valence-electron chi connectivity index (χ2n) is 27.2. The lowest BCUT2D eigenvalue weighted by atomic mass is 9.84. The van der Waals surface area contributed by atoms with Gasteiger partial charge in [-0.25, -0.2) is 0 Å². The fourth-order valence-electron chi connectivity index (χ4n) is 15.3. The van der Waals surface area contributed by atoms with Crippen LogP contribution in [0.4, 0.5) is 34.1 Å². The Kier molecular flexibility index (Phi) is 17.5. The Morgan fingerprint density at radius 1 is 0.142 bits per heavy atom. The van der Waals surface area contributed by atoms with Crippen molar-refractivity contribution >= 4 is 147 Å². The van der Waals surface area contributed by atoms with Crippen LogP contribution in [0.1, 0.15) is 44.5 Å². The second kappa shape index (κ2) is 28.8. The molecule has 18 aromatic rings. The number of benzene rings is 18. The van der Waals surface area contributed by atoms with E-state index in [1.807, 2.05) is 0 Å². The zero-order chi connectivity index (χ0) is 70.5. The van der Waals surface area contributed by atoms with Crippen LogP contribution in [0, 0.1) is 0 Å². The van der Waals surface area contributed by atoms with Crippen LogP contribution in [0.5, 0.6) is 0 Å². The summed E-state index contributed by atoms with van der Waals surface area (Å²) in [5, 5.41) is 14.7. The van der Waals surface area contributed by atoms with Crippen molar-refractivity contribution in [1.29, 1.82) is 0 Å². The van der Waals surface area contributed by atoms with Crippen molar-refractivity contribution in [2.75, 3.05) is 9.80 Å². The molecule has 106 heavy (non-hydrogen) atoms. The molecule has 0 fully saturated rings. The Morgan fingerprint density at radius 2 is 0.368 bits per heavy atom. The summed E-state index contributed by atoms with van der Waals surface area (Å²) in [6.45, 7) is 0. The van der Waals surface area contributed by atoms with E-state index in [-0.39, 0.29) is 0 Å². The second-order valence-corrected chi connectivity index (χ2v) is 27.2. The van der Waals surface area contributed by atoms with Gasteiger partial charge in [0.1, 0.15) is 0 Å². The maximum absolute atomic E-state index is 2.41. The van der Waals surface area contributed by atoms with Crippen molar-refractivity contribution in [2.45, 2.75) is 0 Å². The number of hydrogen-bond acceptors (Lipinski definition) is 2. The van der Waals surface area contributed by atoms with Crippen molar-refractivity contribution in [2.24, 2.45) is 0 Å². The van der Waals surface area contributed by atoms with Crippen LogP contribution in [0.2, 0.25) is 0 Å². The van der Waals surface area contributed by atoms with Gasteiger partial charge in [0.15, 0.2) is 0 Å². The molecule has 498 valence electrons. The lowest BCUT2D eigenvalue weighted by Gasteiger charge is -2.26. The molecule has 18 aromatic carbocycles. The summed E-state index contributed by atoms with van der Waals surface area (Å²) >= 11 is 0. The summed E-state index contributed by atoms with van der Waals surface area (Å²) in [7, 11) is 0. The van der Waals surface area contributed by atoms with E-state index < -0.39 is 0 Å². The molecule has 0 atom stereocenters. The topological polar surface area (TPSA) is 6.48 Å². The largest absolute Gasteiger partial charge is 0.311 e. The SMILES string of the molecule is C(=C\c1ccc(N(c2ccc(/C=C/c3ccccc3)cc2)c2ccc(-c3ccc(-c4ccc(-c5ccc(N(c6ccc(/C=C/c7ccccc7)cc6)c6ccc(/C=C/c7ccccc7)cc6)cc5)c5ccc6c7ccccc7ccc6c45)c4c3ccc3c5ccccc5ccc34)cc2)cc1)/c1ccccc1. The molecule has 0 spiro atoms. The molecule has 0 radical (unpaired) electrons. The Balaban J connectivity index is 0.751. The molecule has 0 aliphatic carbocycles. The van der Waals surface area contributed by atoms with E-state index in [0.29, 0.717) is 0 Å². The molecule has 0 saturated carbocycles. The highest BCUT2D eigenvalue weighted by atomic mass is 15.1. The molecule has 0 heterocycles. The Bertz CT molecular complexity index is 5760. The number of fused-ring (bicyclic) bond motifs is 10. The van der Waals surface area contributed by atoms with Crippen LogP contribution in [0.3, 0.4) is 0 Å². The normalized spacial score (nSPS) is 11.8. The van der Waals surface area contributed by atoms with Crippen molar-refractivity contribution in [3.8, 4) is 33.4 Å². The monoisotopic (exact) mass is 1350 g/mol. The molecule has 0 aliphatic heterocycles. The molecular formula is C104H72N2. The van der Waals surface area contributed by atoms with E-state index in [1.54, 1.807) is 0 Å². The predicted octanol–water partition coefficient (Wildman–Crippen LogP) is 29.2. The van der Waals surface area contributed by atoms with Crippen molar-refractivity contribution in [3.63, 3.8) is 0 Å². The highest BCUT2D eigenvalue weighted by Gasteiger charge is 2.22. The molecule has 0 amide bonds. The average Bonchev–Trinajstić information content (AvgIpc) is 0.719. The van der Waals surface area contributed by atoms with Gasteiger partial charge in [0.2, 0.25) is 0 Å². The molecule has 2 heteroatoms. The first-order valence-electron chi connectivity index (χ1n) is 36.4. The minimum Gasteiger partial charge on any atom is -0.311 e. The van der Waals surface area contributed by atoms with Crippen LogP contribution in [0.15, 0.2) is 388 Å². The van der Waals surface area contributed by atoms with Crippen LogP contribution in [-0.2, 0) is 0 Å². The summed E-state index contributed by atoms with van der Waals surface area (Å²) in [5.74, 6) is 0. The Hall–Kier alpha value is -13.9. The van der Waals surface area contributed by atoms with Crippen LogP contribution < -0.4 is 9.80 Å². The van der Waals surface area contributed by atoms with Crippen molar-refractivity contribution in [3.05, 3.63) is 433 Å². The minimum atomic E-state index is 1.07. The summed E-state index contributed by atoms with van der Waals surface area (Å²) in [6, 6.07) is 142. The van der Waals surface area contributed by atoms with Gasteiger partial charge in [-0.05, 0) is 215 Å². The van der Waals surface area contributed by atoms with E-state index >= 15 is 0 Å². The predicted molar refractivity (Wildman–Crippen MR) is 459 cm³/mol. The van der Waals surface area contributed by atoms with Crippen LogP contribution in [0.25, 0.3) is 147 Å². The summed E-state index contributed by atoms with van der Waals surface area (Å²) in [6.07, 6.45) is 17.4. The van der Waals surface area contributed by atoms with Gasteiger partial charge in [-0.2, -0.15) is 0 Å². The summed E-state index contributed by atoms with van der Waals surface area (Å²) in [4.78, 5) is 4.73. The van der Waals surface area contributed by atoms with E-state index in [0.717, 1.165) is 67.5 Å². The quantitative estimate of drug-likeness (QED) is 0.0662. The first-order valence-corrected chi connectivity index (χ1v) is 36.4. The molecule has 0 aliphatic rings. The maximum Gasteiger partial charge on any atom is 0.0462 e. The van der Waals surface area contributed by atoms with E-state index in [1.165, 1.54) is 109 Å². The number of nitrogens with zero attached hydrogens (tertiary/aromatic N) is 2. The first kappa shape index (κ1) is 64.2. The van der Waals surface area contributed by atoms with Gasteiger partial charge >= 0.3 is 0 Å². The molecule has 2 nitrogen and oxygen atoms in total. The van der Waals surface area contributed by atoms with Crippen LogP contribution in [-0.4, -0.2) is 0 Å². The van der Waals surface area contributed by atoms with Crippen LogP contribution >= 0.6 is 0 Å². The highest BCUT2D eigenvalue weighted by Crippen LogP contribution is 2.48. The molecule has 0 saturated heterocycles. The van der Waals surface area contributed by atoms with Crippen molar-refractivity contribution < 1.29 is 0 Å². The van der Waals surface area contributed by atoms with E-state index in [2.05, 4.69) is 447 Å². The molecular weight excluding hydrogens is 1280 g/mol. The van der Waals surface area contributed by atoms with Crippen molar-refractivity contribution in [1.82, 2.24) is 0 Å². The van der Waals surface area contributed by atoms with Gasteiger partial charge in [-0.15, -0.1) is 0 Å². The lowest BCUT2D eigenvalue weighted by Crippen LogP contribution is -2.09. The third-order valence-corrected chi connectivity index (χ3v) is 20.6. The third-order valence-electron chi connectivity index (χ3n) is 20.6. The fourth-order valence-corrected chi connectivity index (χ4v) is 15.3. The third kappa shape index (κ3) is 13.0. The zero-order valence-electron chi connectivity index (χ0n) is 58.5. The molecule has 18 rings (SSSR count). The summed E-state index contributed by atoms with van der Waals surface area (Å²) in [5.41, 5.74) is 22.7. The number of hydrogen-bond donors (Lipinski definition) is 0. The van der Waals surface area contributed by atoms with E-state index in [4.69, 9.17) is 0 Å². The summed E-state index contributed by atoms with van der Waals surface area (Å²) < 4.78 is 0. The van der Waals surface area contributed by atoms with Gasteiger partial charge in [0, 0.05) is 34.1 Å². The average molecular weight is 1350 g/mol. The Labute approximate surface area is 619 Å². The molecule has 0 aromatic heterocycles. The standard InChI is InChI=1S/C104H72N2/c1-5-17-73(18-6-1)29-33-77-37-51-85(52-38-77)105(86-53-39-78(40-54-86)34-30-74-19-7-2-8-20-74)89-59-45-83(46-60-89)93-65-69-101(103-97(93)71-67-95-91-27-15-13-25-81(91)49-63-99(95)103)102-70-66-94(98-72-68-96-92-28-16-14-26-82(92)50-64-100(96)104(98)102)84-47-61-90(62-48-84)106(87-55-41-79(42-56-87)35-31-75-21-9-3-10-22-75)88-57-43-80(44-58-88)36-32-76-23-11-4-12-24-76/h1-72H/b33-29+,34-30+,35-31+,36-32+. The molecule has 0 unspecified atom stereocenters. The van der Waals surface area contributed by atoms with Gasteiger partial charge in [-0.1, -0.05) is 364 Å². The van der Waals surface area contributed by atoms with E-state index in [9.17, 15) is 0 Å². The minimum absolute atomic E-state index is 1.07. The Morgan fingerprint density at radius 3 is 0.660 bits per heavy atom. The maximum atomic E-state index is 2.41. The zero-order valence-corrected chi connectivity index (χ0v) is 58.5. The number of anilines is 6. The van der Waals surface area contributed by atoms with Gasteiger partial charge < -0.3 is 9.80 Å². The molecule has 0 N–H and O–H groups in total. The fraction of sp³-hybridized carbons (Fsp3) is 0. The van der Waals surface area contributed by atoms with Gasteiger partial charge in [0.05, 0.1) is 0 Å². The smallest absolute Gasteiger partial charge is 0.0462 e. The lowest BCUT2D eigenvalue weighted by molar-refractivity contribution is 1.28. The highest BCUT2D eigenvalue weighted by molar-refractivity contribution is 6.28. The van der Waals surface area contributed by atoms with Gasteiger partial charge in [-0.3, -0.25) is 0 Å².